The van der Waals surface area contributed by atoms with E-state index in [1.54, 1.807) is 0 Å². The first kappa shape index (κ1) is 47.6. The van der Waals surface area contributed by atoms with E-state index in [0.717, 1.165) is 133 Å². The highest BCUT2D eigenvalue weighted by Gasteiger charge is 2.28. The summed E-state index contributed by atoms with van der Waals surface area (Å²) in [6.07, 6.45) is 0. The molecule has 0 amide bonds. The lowest BCUT2D eigenvalue weighted by molar-refractivity contribution is 0.669. The van der Waals surface area contributed by atoms with Gasteiger partial charge in [-0.05, 0) is 105 Å². The fraction of sp³-hybridized carbons (Fsp3) is 0. The molecule has 0 aliphatic rings. The normalized spacial score (nSPS) is 11.6. The Kier molecular flexibility index (Phi) is 11.2. The molecule has 0 saturated heterocycles. The number of fused-ring (bicyclic) bond motifs is 9. The number of aromatic nitrogens is 4. The van der Waals surface area contributed by atoms with Gasteiger partial charge in [-0.2, -0.15) is 5.26 Å². The van der Waals surface area contributed by atoms with Gasteiger partial charge in [-0.1, -0.05) is 218 Å². The summed E-state index contributed by atoms with van der Waals surface area (Å²) in [7, 11) is 0. The smallest absolute Gasteiger partial charge is 0.160 e. The van der Waals surface area contributed by atoms with Crippen molar-refractivity contribution in [3.8, 4) is 95.9 Å². The van der Waals surface area contributed by atoms with Crippen molar-refractivity contribution in [2.45, 2.75) is 0 Å². The zero-order chi connectivity index (χ0) is 55.0. The number of hydrogen-bond acceptors (Lipinski definition) is 4. The van der Waals surface area contributed by atoms with Crippen molar-refractivity contribution in [2.24, 2.45) is 0 Å². The van der Waals surface area contributed by atoms with E-state index in [2.05, 4.69) is 240 Å². The highest BCUT2D eigenvalue weighted by Crippen LogP contribution is 2.47. The molecule has 0 aliphatic heterocycles. The molecule has 12 aromatic carbocycles. The second kappa shape index (κ2) is 19.5. The van der Waals surface area contributed by atoms with Gasteiger partial charge in [-0.15, -0.1) is 0 Å². The van der Waals surface area contributed by atoms with E-state index in [9.17, 15) is 5.26 Å². The van der Waals surface area contributed by atoms with Crippen LogP contribution in [0.15, 0.2) is 290 Å². The van der Waals surface area contributed by atoms with Crippen LogP contribution in [0.5, 0.6) is 0 Å². The fourth-order valence-corrected chi connectivity index (χ4v) is 12.5. The second-order valence-electron chi connectivity index (χ2n) is 21.1. The maximum absolute atomic E-state index is 12.3. The van der Waals surface area contributed by atoms with Crippen LogP contribution < -0.4 is 0 Å². The maximum atomic E-state index is 12.3. The standard InChI is InChI=1S/C77H47N5O/c78-48-65-74-60-33-19-32-59(67-46-66(53-28-15-5-16-29-53)79-77(80-67)54-30-17-6-18-31-54)76(60)83-73(74)47-72(81-68-38-34-55(49-20-7-1-8-21-49)42-61(68)62-43-56(35-39-69(62)81)50-22-9-2-10-23-50)75(65)82-70-40-36-57(51-24-11-3-12-25-51)44-63(70)64-45-58(37-41-71(64)82)52-26-13-4-14-27-52/h1-47H. The van der Waals surface area contributed by atoms with Gasteiger partial charge in [0, 0.05) is 55.1 Å². The maximum Gasteiger partial charge on any atom is 0.160 e. The highest BCUT2D eigenvalue weighted by molar-refractivity contribution is 6.18. The zero-order valence-corrected chi connectivity index (χ0v) is 44.8. The Morgan fingerprint density at radius 3 is 1.16 bits per heavy atom. The number of hydrogen-bond donors (Lipinski definition) is 0. The van der Waals surface area contributed by atoms with Gasteiger partial charge >= 0.3 is 0 Å². The molecule has 0 unspecified atom stereocenters. The van der Waals surface area contributed by atoms with E-state index in [-0.39, 0.29) is 0 Å². The lowest BCUT2D eigenvalue weighted by Gasteiger charge is -2.19. The van der Waals surface area contributed by atoms with Crippen LogP contribution in [-0.4, -0.2) is 19.1 Å². The van der Waals surface area contributed by atoms with Crippen molar-refractivity contribution >= 4 is 65.6 Å². The van der Waals surface area contributed by atoms with Crippen molar-refractivity contribution in [1.82, 2.24) is 19.1 Å². The summed E-state index contributed by atoms with van der Waals surface area (Å²) < 4.78 is 12.0. The number of rotatable bonds is 9. The Hall–Kier alpha value is -11.4. The Morgan fingerprint density at radius 1 is 0.325 bits per heavy atom. The van der Waals surface area contributed by atoms with Gasteiger partial charge < -0.3 is 13.6 Å². The summed E-state index contributed by atoms with van der Waals surface area (Å²) in [5.41, 5.74) is 20.3. The summed E-state index contributed by atoms with van der Waals surface area (Å²) in [6, 6.07) is 103. The number of benzene rings is 12. The first-order chi connectivity index (χ1) is 41.1. The minimum absolute atomic E-state index is 0.487. The predicted octanol–water partition coefficient (Wildman–Crippen LogP) is 20.1. The third-order valence-corrected chi connectivity index (χ3v) is 16.4. The number of nitrogens with zero attached hydrogens (tertiary/aromatic N) is 5. The molecule has 4 heterocycles. The van der Waals surface area contributed by atoms with Crippen molar-refractivity contribution in [3.05, 3.63) is 291 Å². The summed E-state index contributed by atoms with van der Waals surface area (Å²) in [5, 5.41) is 18.1. The molecular weight excluding hydrogens is 1010 g/mol. The van der Waals surface area contributed by atoms with Crippen LogP contribution in [0.2, 0.25) is 0 Å². The molecule has 0 N–H and O–H groups in total. The first-order valence-electron chi connectivity index (χ1n) is 27.9. The molecule has 6 nitrogen and oxygen atoms in total. The molecule has 0 atom stereocenters. The van der Waals surface area contributed by atoms with Gasteiger partial charge in [-0.3, -0.25) is 0 Å². The van der Waals surface area contributed by atoms with E-state index < -0.39 is 0 Å². The second-order valence-corrected chi connectivity index (χ2v) is 21.1. The molecule has 83 heavy (non-hydrogen) atoms. The Bertz CT molecular complexity index is 4980. The van der Waals surface area contributed by atoms with Gasteiger partial charge in [0.2, 0.25) is 0 Å². The molecule has 6 heteroatoms. The van der Waals surface area contributed by atoms with Crippen molar-refractivity contribution in [2.75, 3.05) is 0 Å². The highest BCUT2D eigenvalue weighted by atomic mass is 16.3. The monoisotopic (exact) mass is 1060 g/mol. The van der Waals surface area contributed by atoms with Crippen LogP contribution in [0.3, 0.4) is 0 Å². The first-order valence-corrected chi connectivity index (χ1v) is 27.9. The molecule has 0 spiro atoms. The summed E-state index contributed by atoms with van der Waals surface area (Å²) in [4.78, 5) is 10.4. The molecule has 0 radical (unpaired) electrons. The van der Waals surface area contributed by atoms with Gasteiger partial charge in [0.25, 0.3) is 0 Å². The zero-order valence-electron chi connectivity index (χ0n) is 44.8. The third kappa shape index (κ3) is 7.94. The van der Waals surface area contributed by atoms with E-state index in [1.165, 1.54) is 0 Å². The minimum atomic E-state index is 0.487. The van der Waals surface area contributed by atoms with Crippen LogP contribution in [0.1, 0.15) is 5.56 Å². The molecule has 0 bridgehead atoms. The van der Waals surface area contributed by atoms with E-state index in [0.29, 0.717) is 28.2 Å². The van der Waals surface area contributed by atoms with Gasteiger partial charge in [0.05, 0.1) is 50.4 Å². The van der Waals surface area contributed by atoms with Gasteiger partial charge in [-0.25, -0.2) is 9.97 Å². The molecule has 0 aliphatic carbocycles. The molecule has 386 valence electrons. The third-order valence-electron chi connectivity index (χ3n) is 16.4. The fourth-order valence-electron chi connectivity index (χ4n) is 12.5. The van der Waals surface area contributed by atoms with Crippen molar-refractivity contribution in [1.29, 1.82) is 5.26 Å². The summed E-state index contributed by atoms with van der Waals surface area (Å²) in [5.74, 6) is 0.603. The summed E-state index contributed by atoms with van der Waals surface area (Å²) >= 11 is 0. The largest absolute Gasteiger partial charge is 0.455 e. The molecule has 16 rings (SSSR count). The number of nitriles is 1. The Morgan fingerprint density at radius 2 is 0.723 bits per heavy atom. The van der Waals surface area contributed by atoms with E-state index in [1.807, 2.05) is 60.7 Å². The minimum Gasteiger partial charge on any atom is -0.455 e. The van der Waals surface area contributed by atoms with E-state index in [4.69, 9.17) is 14.4 Å². The SMILES string of the molecule is N#Cc1c(-n2c3ccc(-c4ccccc4)cc3c3cc(-c4ccccc4)ccc32)c(-n2c3ccc(-c4ccccc4)cc3c3cc(-c4ccccc4)ccc32)cc2oc3c(-c4cc(-c5ccccc5)nc(-c5ccccc5)n4)cccc3c12. The van der Waals surface area contributed by atoms with Crippen LogP contribution >= 0.6 is 0 Å². The Labute approximate surface area is 478 Å². The molecule has 16 aromatic rings. The van der Waals surface area contributed by atoms with Crippen LogP contribution in [0, 0.1) is 11.3 Å². The molecular formula is C77H47N5O. The quantitative estimate of drug-likeness (QED) is 0.144. The lowest BCUT2D eigenvalue weighted by atomic mass is 10.00. The van der Waals surface area contributed by atoms with Gasteiger partial charge in [0.1, 0.15) is 17.2 Å². The average molecular weight is 1060 g/mol. The average Bonchev–Trinajstić information content (AvgIpc) is 2.79. The predicted molar refractivity (Wildman–Crippen MR) is 341 cm³/mol. The number of para-hydroxylation sites is 1. The topological polar surface area (TPSA) is 72.6 Å². The molecule has 0 fully saturated rings. The van der Waals surface area contributed by atoms with Crippen LogP contribution in [0.25, 0.3) is 155 Å². The number of furan rings is 1. The van der Waals surface area contributed by atoms with Gasteiger partial charge in [0.15, 0.2) is 5.82 Å². The van der Waals surface area contributed by atoms with Crippen LogP contribution in [0.4, 0.5) is 0 Å². The summed E-state index contributed by atoms with van der Waals surface area (Å²) in [6.45, 7) is 0. The molecule has 0 saturated carbocycles. The van der Waals surface area contributed by atoms with Crippen molar-refractivity contribution < 1.29 is 4.42 Å². The van der Waals surface area contributed by atoms with Crippen LogP contribution in [-0.2, 0) is 0 Å². The molecule has 4 aromatic heterocycles. The van der Waals surface area contributed by atoms with Crippen molar-refractivity contribution in [3.63, 3.8) is 0 Å². The van der Waals surface area contributed by atoms with E-state index >= 15 is 0 Å². The lowest BCUT2D eigenvalue weighted by Crippen LogP contribution is -2.06. The Balaban J connectivity index is 1.04.